The van der Waals surface area contributed by atoms with E-state index in [0.29, 0.717) is 31.1 Å². The maximum atomic E-state index is 12.4. The fourth-order valence-corrected chi connectivity index (χ4v) is 3.75. The number of imidazole rings is 1. The number of esters is 1. The molecule has 2 aromatic rings. The Bertz CT molecular complexity index is 731. The minimum atomic E-state index is -0.372. The summed E-state index contributed by atoms with van der Waals surface area (Å²) in [5.41, 5.74) is 0.860. The van der Waals surface area contributed by atoms with Crippen LogP contribution >= 0.6 is 11.3 Å². The lowest BCUT2D eigenvalue weighted by atomic mass is 9.97. The van der Waals surface area contributed by atoms with E-state index >= 15 is 0 Å². The largest absolute Gasteiger partial charge is 0.461 e. The maximum absolute atomic E-state index is 12.4. The zero-order valence-corrected chi connectivity index (χ0v) is 14.6. The number of thiazole rings is 1. The van der Waals surface area contributed by atoms with E-state index in [2.05, 4.69) is 9.97 Å². The Morgan fingerprint density at radius 2 is 2.08 bits per heavy atom. The number of ether oxygens (including phenoxy) is 1. The second kappa shape index (κ2) is 7.12. The van der Waals surface area contributed by atoms with Crippen LogP contribution in [0.2, 0.25) is 0 Å². The summed E-state index contributed by atoms with van der Waals surface area (Å²) in [7, 11) is 1.85. The molecule has 2 aromatic heterocycles. The molecule has 7 nitrogen and oxygen atoms in total. The highest BCUT2D eigenvalue weighted by Crippen LogP contribution is 2.30. The van der Waals surface area contributed by atoms with E-state index in [1.807, 2.05) is 11.9 Å². The molecule has 1 saturated heterocycles. The first-order valence-corrected chi connectivity index (χ1v) is 8.86. The van der Waals surface area contributed by atoms with Gasteiger partial charge in [0.2, 0.25) is 0 Å². The molecule has 0 saturated carbocycles. The number of piperidine rings is 1. The second-order valence-corrected chi connectivity index (χ2v) is 6.67. The molecule has 0 bridgehead atoms. The summed E-state index contributed by atoms with van der Waals surface area (Å²) < 4.78 is 6.74. The number of nitrogens with zero attached hydrogens (tertiary/aromatic N) is 4. The lowest BCUT2D eigenvalue weighted by Gasteiger charge is -2.30. The first-order chi connectivity index (χ1) is 11.6. The van der Waals surface area contributed by atoms with Gasteiger partial charge >= 0.3 is 5.97 Å². The standard InChI is InChI=1S/C16H20N4O3S/c1-3-23-16(22)13-9-24-14(18-13)11-4-6-20(7-5-11)15(21)12-8-19(2)10-17-12/h8-11H,3-7H2,1-2H3. The molecule has 0 radical (unpaired) electrons. The van der Waals surface area contributed by atoms with Crippen molar-refractivity contribution in [1.82, 2.24) is 19.4 Å². The van der Waals surface area contributed by atoms with Crippen LogP contribution in [-0.4, -0.2) is 51.0 Å². The van der Waals surface area contributed by atoms with Gasteiger partial charge in [0.15, 0.2) is 5.69 Å². The van der Waals surface area contributed by atoms with Gasteiger partial charge in [-0.05, 0) is 19.8 Å². The third-order valence-electron chi connectivity index (χ3n) is 4.06. The molecule has 0 N–H and O–H groups in total. The van der Waals surface area contributed by atoms with Crippen LogP contribution in [-0.2, 0) is 11.8 Å². The van der Waals surface area contributed by atoms with Crippen LogP contribution in [0, 0.1) is 0 Å². The number of aryl methyl sites for hydroxylation is 1. The lowest BCUT2D eigenvalue weighted by molar-refractivity contribution is 0.0520. The molecule has 1 amide bonds. The number of hydrogen-bond acceptors (Lipinski definition) is 6. The molecule has 1 aliphatic heterocycles. The summed E-state index contributed by atoms with van der Waals surface area (Å²) >= 11 is 1.49. The summed E-state index contributed by atoms with van der Waals surface area (Å²) in [6.45, 7) is 3.47. The van der Waals surface area contributed by atoms with Crippen molar-refractivity contribution in [3.63, 3.8) is 0 Å². The van der Waals surface area contributed by atoms with E-state index in [-0.39, 0.29) is 17.8 Å². The molecule has 0 aromatic carbocycles. The Morgan fingerprint density at radius 1 is 1.33 bits per heavy atom. The molecule has 3 rings (SSSR count). The van der Waals surface area contributed by atoms with E-state index in [1.54, 1.807) is 29.4 Å². The van der Waals surface area contributed by atoms with Crippen molar-refractivity contribution in [2.24, 2.45) is 7.05 Å². The van der Waals surface area contributed by atoms with Crippen LogP contribution in [0.1, 0.15) is 51.7 Å². The van der Waals surface area contributed by atoms with E-state index in [1.165, 1.54) is 11.3 Å². The van der Waals surface area contributed by atoms with Crippen molar-refractivity contribution in [3.8, 4) is 0 Å². The molecule has 0 atom stereocenters. The Hall–Kier alpha value is -2.22. The molecule has 8 heteroatoms. The minimum Gasteiger partial charge on any atom is -0.461 e. The highest BCUT2D eigenvalue weighted by molar-refractivity contribution is 7.09. The van der Waals surface area contributed by atoms with Gasteiger partial charge in [-0.2, -0.15) is 0 Å². The number of likely N-dealkylation sites (tertiary alicyclic amines) is 1. The van der Waals surface area contributed by atoms with Gasteiger partial charge in [0.05, 0.1) is 17.9 Å². The molecule has 24 heavy (non-hydrogen) atoms. The number of carbonyl (C=O) groups is 2. The fourth-order valence-electron chi connectivity index (χ4n) is 2.79. The molecular formula is C16H20N4O3S. The van der Waals surface area contributed by atoms with Gasteiger partial charge in [-0.1, -0.05) is 0 Å². The van der Waals surface area contributed by atoms with E-state index in [0.717, 1.165) is 17.8 Å². The SMILES string of the molecule is CCOC(=O)c1csc(C2CCN(C(=O)c3cn(C)cn3)CC2)n1. The van der Waals surface area contributed by atoms with Crippen LogP contribution in [0.4, 0.5) is 0 Å². The third-order valence-corrected chi connectivity index (χ3v) is 5.07. The monoisotopic (exact) mass is 348 g/mol. The van der Waals surface area contributed by atoms with Gasteiger partial charge in [0.25, 0.3) is 5.91 Å². The van der Waals surface area contributed by atoms with E-state index < -0.39 is 0 Å². The molecule has 0 spiro atoms. The predicted octanol–water partition coefficient (Wildman–Crippen LogP) is 2.07. The van der Waals surface area contributed by atoms with Crippen LogP contribution in [0.3, 0.4) is 0 Å². The minimum absolute atomic E-state index is 0.0274. The number of hydrogen-bond donors (Lipinski definition) is 0. The lowest BCUT2D eigenvalue weighted by Crippen LogP contribution is -2.38. The fraction of sp³-hybridized carbons (Fsp3) is 0.500. The third kappa shape index (κ3) is 3.48. The number of carbonyl (C=O) groups excluding carboxylic acids is 2. The van der Waals surface area contributed by atoms with Crippen LogP contribution < -0.4 is 0 Å². The molecule has 0 unspecified atom stereocenters. The normalized spacial score (nSPS) is 15.5. The highest BCUT2D eigenvalue weighted by Gasteiger charge is 2.27. The van der Waals surface area contributed by atoms with Gasteiger partial charge in [-0.25, -0.2) is 14.8 Å². The van der Waals surface area contributed by atoms with Gasteiger partial charge in [0, 0.05) is 37.6 Å². The highest BCUT2D eigenvalue weighted by atomic mass is 32.1. The van der Waals surface area contributed by atoms with Crippen molar-refractivity contribution < 1.29 is 14.3 Å². The van der Waals surface area contributed by atoms with E-state index in [9.17, 15) is 9.59 Å². The van der Waals surface area contributed by atoms with Gasteiger partial charge in [-0.15, -0.1) is 11.3 Å². The summed E-state index contributed by atoms with van der Waals surface area (Å²) in [6, 6.07) is 0. The molecule has 128 valence electrons. The Morgan fingerprint density at radius 3 is 2.71 bits per heavy atom. The molecular weight excluding hydrogens is 328 g/mol. The van der Waals surface area contributed by atoms with Gasteiger partial charge in [-0.3, -0.25) is 4.79 Å². The van der Waals surface area contributed by atoms with Crippen LogP contribution in [0.15, 0.2) is 17.9 Å². The quantitative estimate of drug-likeness (QED) is 0.791. The molecule has 3 heterocycles. The summed E-state index contributed by atoms with van der Waals surface area (Å²) in [5.74, 6) is -0.117. The first kappa shape index (κ1) is 16.6. The van der Waals surface area contributed by atoms with Crippen molar-refractivity contribution in [1.29, 1.82) is 0 Å². The van der Waals surface area contributed by atoms with Crippen molar-refractivity contribution in [3.05, 3.63) is 34.3 Å². The van der Waals surface area contributed by atoms with Crippen LogP contribution in [0.25, 0.3) is 0 Å². The Labute approximate surface area is 144 Å². The van der Waals surface area contributed by atoms with Crippen molar-refractivity contribution in [2.45, 2.75) is 25.7 Å². The maximum Gasteiger partial charge on any atom is 0.357 e. The smallest absolute Gasteiger partial charge is 0.357 e. The average Bonchev–Trinajstić information content (AvgIpc) is 3.24. The summed E-state index contributed by atoms with van der Waals surface area (Å²) in [6.07, 6.45) is 5.05. The second-order valence-electron chi connectivity index (χ2n) is 5.78. The van der Waals surface area contributed by atoms with Crippen LogP contribution in [0.5, 0.6) is 0 Å². The average molecular weight is 348 g/mol. The summed E-state index contributed by atoms with van der Waals surface area (Å²) in [5, 5.41) is 2.70. The van der Waals surface area contributed by atoms with E-state index in [4.69, 9.17) is 4.74 Å². The number of aromatic nitrogens is 3. The summed E-state index contributed by atoms with van der Waals surface area (Å²) in [4.78, 5) is 34.5. The van der Waals surface area contributed by atoms with Gasteiger partial charge in [0.1, 0.15) is 5.69 Å². The van der Waals surface area contributed by atoms with Gasteiger partial charge < -0.3 is 14.2 Å². The topological polar surface area (TPSA) is 77.3 Å². The zero-order valence-electron chi connectivity index (χ0n) is 13.8. The number of amides is 1. The van der Waals surface area contributed by atoms with Crippen molar-refractivity contribution >= 4 is 23.2 Å². The molecule has 0 aliphatic carbocycles. The number of rotatable bonds is 4. The zero-order chi connectivity index (χ0) is 17.1. The molecule has 1 aliphatic rings. The molecule has 1 fully saturated rings. The first-order valence-electron chi connectivity index (χ1n) is 7.98. The Balaban J connectivity index is 1.59. The van der Waals surface area contributed by atoms with Crippen molar-refractivity contribution in [2.75, 3.05) is 19.7 Å². The predicted molar refractivity (Wildman–Crippen MR) is 89.2 cm³/mol. The Kier molecular flexibility index (Phi) is 4.94.